The van der Waals surface area contributed by atoms with Gasteiger partial charge < -0.3 is 19.8 Å². The molecule has 0 aliphatic rings. The van der Waals surface area contributed by atoms with Gasteiger partial charge in [-0.2, -0.15) is 0 Å². The Morgan fingerprint density at radius 2 is 0.882 bits per heavy atom. The van der Waals surface area contributed by atoms with E-state index in [2.05, 4.69) is 67.8 Å². The highest BCUT2D eigenvalue weighted by Crippen LogP contribution is 2.43. The lowest BCUT2D eigenvalue weighted by Gasteiger charge is -2.26. The van der Waals surface area contributed by atoms with E-state index < -0.39 is 20.0 Å². The lowest BCUT2D eigenvalue weighted by molar-refractivity contribution is -0.870. The Kier molecular flexibility index (Phi) is 49.3. The van der Waals surface area contributed by atoms with E-state index in [-0.39, 0.29) is 19.1 Å². The van der Waals surface area contributed by atoms with Crippen molar-refractivity contribution in [2.24, 2.45) is 0 Å². The quantitative estimate of drug-likeness (QED) is 0.0243. The van der Waals surface area contributed by atoms with Crippen LogP contribution in [0.15, 0.2) is 48.6 Å². The number of aliphatic hydroxyl groups is 1. The van der Waals surface area contributed by atoms with Crippen molar-refractivity contribution in [2.45, 2.75) is 283 Å². The maximum Gasteiger partial charge on any atom is 0.472 e. The Morgan fingerprint density at radius 1 is 0.515 bits per heavy atom. The first-order chi connectivity index (χ1) is 33.0. The highest BCUT2D eigenvalue weighted by atomic mass is 31.2. The van der Waals surface area contributed by atoms with Gasteiger partial charge in [0.1, 0.15) is 13.2 Å². The van der Waals surface area contributed by atoms with Crippen LogP contribution in [0, 0.1) is 0 Å². The van der Waals surface area contributed by atoms with E-state index in [1.165, 1.54) is 180 Å². The fraction of sp³-hybridized carbons (Fsp3) is 0.847. The summed E-state index contributed by atoms with van der Waals surface area (Å²) in [5.74, 6) is -0.143. The summed E-state index contributed by atoms with van der Waals surface area (Å²) in [5, 5.41) is 13.9. The number of rotatable bonds is 53. The molecule has 0 fully saturated rings. The molecule has 0 aromatic heterocycles. The number of unbranched alkanes of at least 4 members (excludes halogenated alkanes) is 32. The number of hydrogen-bond donors (Lipinski definition) is 3. The van der Waals surface area contributed by atoms with Gasteiger partial charge in [-0.25, -0.2) is 4.57 Å². The maximum atomic E-state index is 12.9. The number of aliphatic hydroxyl groups excluding tert-OH is 1. The van der Waals surface area contributed by atoms with Crippen LogP contribution < -0.4 is 5.32 Å². The van der Waals surface area contributed by atoms with E-state index in [1.54, 1.807) is 0 Å². The minimum absolute atomic E-state index is 0.0759. The fourth-order valence-electron chi connectivity index (χ4n) is 8.57. The van der Waals surface area contributed by atoms with E-state index >= 15 is 0 Å². The standard InChI is InChI=1S/C59H113N2O6P/c1-6-8-10-12-14-16-17-18-19-20-21-22-23-24-25-26-27-28-29-30-31-32-33-34-35-36-37-38-39-40-41-42-43-45-47-49-51-53-59(63)60-57(56-67-68(64,65)66-55-54-61(3,4)5)58(62)52-50-48-46-44-15-13-11-9-7-2/h8,10,14,16,18-19,21-22,57-58,62H,6-7,9,11-13,15,17,20,23-56H2,1-5H3,(H-,60,63,64,65)/p+1/b10-8-,16-14-,19-18-,22-21-. The molecule has 400 valence electrons. The molecule has 3 N–H and O–H groups in total. The zero-order chi connectivity index (χ0) is 49.9. The molecule has 0 saturated heterocycles. The maximum absolute atomic E-state index is 12.9. The molecule has 0 aliphatic carbocycles. The summed E-state index contributed by atoms with van der Waals surface area (Å²) in [4.78, 5) is 23.2. The SMILES string of the molecule is CC/C=C\C/C=C\C/C=C\C/C=C\CCCCCCCCCCCCCCCCCCCCCCCCCCC(=O)NC(COP(=O)(O)OCC[N+](C)(C)C)C(O)CCCCCCCCCCC. The zero-order valence-electron chi connectivity index (χ0n) is 45.6. The van der Waals surface area contributed by atoms with Crippen molar-refractivity contribution in [3.8, 4) is 0 Å². The molecule has 0 heterocycles. The molecule has 1 amide bonds. The third-order valence-corrected chi connectivity index (χ3v) is 14.1. The third-order valence-electron chi connectivity index (χ3n) is 13.1. The Labute approximate surface area is 422 Å². The van der Waals surface area contributed by atoms with Crippen LogP contribution in [0.1, 0.15) is 271 Å². The smallest absolute Gasteiger partial charge is 0.391 e. The van der Waals surface area contributed by atoms with Crippen molar-refractivity contribution in [1.29, 1.82) is 0 Å². The minimum Gasteiger partial charge on any atom is -0.391 e. The van der Waals surface area contributed by atoms with Crippen molar-refractivity contribution in [1.82, 2.24) is 5.32 Å². The van der Waals surface area contributed by atoms with Crippen LogP contribution in [0.2, 0.25) is 0 Å². The van der Waals surface area contributed by atoms with Crippen LogP contribution in [-0.2, 0) is 18.4 Å². The molecule has 9 heteroatoms. The van der Waals surface area contributed by atoms with Crippen molar-refractivity contribution >= 4 is 13.7 Å². The number of nitrogens with zero attached hydrogens (tertiary/aromatic N) is 1. The molecule has 68 heavy (non-hydrogen) atoms. The predicted molar refractivity (Wildman–Crippen MR) is 295 cm³/mol. The monoisotopic (exact) mass is 978 g/mol. The molecule has 3 atom stereocenters. The Bertz CT molecular complexity index is 1250. The lowest BCUT2D eigenvalue weighted by atomic mass is 10.0. The normalized spacial score (nSPS) is 14.3. The molecule has 0 aliphatic heterocycles. The first kappa shape index (κ1) is 66.5. The number of phosphoric acid groups is 1. The lowest BCUT2D eigenvalue weighted by Crippen LogP contribution is -2.46. The molecule has 0 aromatic rings. The van der Waals surface area contributed by atoms with Crippen LogP contribution in [0.25, 0.3) is 0 Å². The molecule has 0 spiro atoms. The van der Waals surface area contributed by atoms with Gasteiger partial charge >= 0.3 is 7.82 Å². The molecule has 8 nitrogen and oxygen atoms in total. The third kappa shape index (κ3) is 52.3. The van der Waals surface area contributed by atoms with Crippen molar-refractivity contribution in [3.63, 3.8) is 0 Å². The van der Waals surface area contributed by atoms with Gasteiger partial charge in [0, 0.05) is 6.42 Å². The van der Waals surface area contributed by atoms with E-state index in [0.717, 1.165) is 64.2 Å². The second-order valence-corrected chi connectivity index (χ2v) is 22.4. The molecular formula is C59H114N2O6P+. The Balaban J connectivity index is 3.82. The summed E-state index contributed by atoms with van der Waals surface area (Å²) in [7, 11) is 1.62. The van der Waals surface area contributed by atoms with E-state index in [1.807, 2.05) is 21.1 Å². The Morgan fingerprint density at radius 3 is 1.29 bits per heavy atom. The van der Waals surface area contributed by atoms with Gasteiger partial charge in [0.25, 0.3) is 0 Å². The number of carbonyl (C=O) groups excluding carboxylic acids is 1. The van der Waals surface area contributed by atoms with Gasteiger partial charge in [-0.05, 0) is 51.4 Å². The molecule has 0 saturated carbocycles. The van der Waals surface area contributed by atoms with E-state index in [4.69, 9.17) is 9.05 Å². The van der Waals surface area contributed by atoms with Crippen LogP contribution in [-0.4, -0.2) is 73.4 Å². The molecule has 0 bridgehead atoms. The van der Waals surface area contributed by atoms with Crippen molar-refractivity contribution in [2.75, 3.05) is 40.9 Å². The largest absolute Gasteiger partial charge is 0.472 e. The minimum atomic E-state index is -4.31. The van der Waals surface area contributed by atoms with Crippen molar-refractivity contribution in [3.05, 3.63) is 48.6 Å². The van der Waals surface area contributed by atoms with Gasteiger partial charge in [0.05, 0.1) is 39.9 Å². The molecule has 0 radical (unpaired) electrons. The second-order valence-electron chi connectivity index (χ2n) is 21.0. The van der Waals surface area contributed by atoms with Gasteiger partial charge in [0.2, 0.25) is 5.91 Å². The zero-order valence-corrected chi connectivity index (χ0v) is 46.5. The number of amides is 1. The van der Waals surface area contributed by atoms with Crippen LogP contribution in [0.5, 0.6) is 0 Å². The number of hydrogen-bond acceptors (Lipinski definition) is 5. The van der Waals surface area contributed by atoms with E-state index in [9.17, 15) is 19.4 Å². The molecular weight excluding hydrogens is 864 g/mol. The van der Waals surface area contributed by atoms with Gasteiger partial charge in [0.15, 0.2) is 0 Å². The highest BCUT2D eigenvalue weighted by molar-refractivity contribution is 7.47. The van der Waals surface area contributed by atoms with Gasteiger partial charge in [-0.1, -0.05) is 262 Å². The average molecular weight is 979 g/mol. The number of carbonyl (C=O) groups is 1. The summed E-state index contributed by atoms with van der Waals surface area (Å²) in [6.07, 6.45) is 66.4. The number of likely N-dealkylation sites (N-methyl/N-ethyl adjacent to an activating group) is 1. The number of quaternary nitrogens is 1. The van der Waals surface area contributed by atoms with Crippen LogP contribution in [0.3, 0.4) is 0 Å². The summed E-state index contributed by atoms with van der Waals surface area (Å²) in [6, 6.07) is -0.756. The topological polar surface area (TPSA) is 105 Å². The summed E-state index contributed by atoms with van der Waals surface area (Å²) < 4.78 is 23.6. The number of nitrogens with one attached hydrogen (secondary N) is 1. The average Bonchev–Trinajstić information content (AvgIpc) is 3.30. The Hall–Kier alpha value is -1.54. The van der Waals surface area contributed by atoms with Gasteiger partial charge in [-0.15, -0.1) is 0 Å². The second kappa shape index (κ2) is 50.4. The molecule has 0 rings (SSSR count). The summed E-state index contributed by atoms with van der Waals surface area (Å²) >= 11 is 0. The fourth-order valence-corrected chi connectivity index (χ4v) is 9.31. The molecule has 3 unspecified atom stereocenters. The first-order valence-electron chi connectivity index (χ1n) is 29.0. The number of phosphoric ester groups is 1. The number of allylic oxidation sites excluding steroid dienone is 8. The highest BCUT2D eigenvalue weighted by Gasteiger charge is 2.28. The summed E-state index contributed by atoms with van der Waals surface area (Å²) in [5.41, 5.74) is 0. The van der Waals surface area contributed by atoms with Crippen LogP contribution >= 0.6 is 7.82 Å². The van der Waals surface area contributed by atoms with E-state index in [0.29, 0.717) is 23.9 Å². The molecule has 0 aromatic carbocycles. The summed E-state index contributed by atoms with van der Waals surface area (Å²) in [6.45, 7) is 4.77. The van der Waals surface area contributed by atoms with Gasteiger partial charge in [-0.3, -0.25) is 13.8 Å². The van der Waals surface area contributed by atoms with Crippen LogP contribution in [0.4, 0.5) is 0 Å². The first-order valence-corrected chi connectivity index (χ1v) is 30.5. The van der Waals surface area contributed by atoms with Crippen molar-refractivity contribution < 1.29 is 32.9 Å². The predicted octanol–water partition coefficient (Wildman–Crippen LogP) is 17.5.